The Hall–Kier alpha value is -1.83. The fourth-order valence-corrected chi connectivity index (χ4v) is 5.65. The number of nitrogens with one attached hydrogen (secondary N) is 2. The van der Waals surface area contributed by atoms with E-state index in [1.807, 2.05) is 4.98 Å². The molecule has 0 radical (unpaired) electrons. The number of aliphatic hydroxyl groups is 4. The number of carbonyl (C=O) groups excluding carboxylic acids is 1. The number of phosphoric ester groups is 2. The summed E-state index contributed by atoms with van der Waals surface area (Å²) in [5.74, 6) is -0.736. The Morgan fingerprint density at radius 3 is 2.46 bits per heavy atom. The molecule has 3 heterocycles. The molecule has 2 saturated heterocycles. The highest BCUT2D eigenvalue weighted by Gasteiger charge is 2.48. The molecule has 1 aromatic rings. The summed E-state index contributed by atoms with van der Waals surface area (Å²) >= 11 is 0. The van der Waals surface area contributed by atoms with Gasteiger partial charge in [-0.25, -0.2) is 13.9 Å². The van der Waals surface area contributed by atoms with Crippen molar-refractivity contribution in [1.29, 1.82) is 0 Å². The van der Waals surface area contributed by atoms with Gasteiger partial charge in [-0.3, -0.25) is 28.2 Å². The van der Waals surface area contributed by atoms with Crippen LogP contribution < -0.4 is 16.6 Å². The van der Waals surface area contributed by atoms with Crippen LogP contribution in [0, 0.1) is 0 Å². The van der Waals surface area contributed by atoms with Crippen molar-refractivity contribution >= 4 is 21.6 Å². The number of hydrogen-bond acceptors (Lipinski definition) is 14. The van der Waals surface area contributed by atoms with Gasteiger partial charge in [-0.15, -0.1) is 0 Å². The number of ether oxygens (including phenoxy) is 2. The summed E-state index contributed by atoms with van der Waals surface area (Å²) in [5.41, 5.74) is -1.73. The van der Waals surface area contributed by atoms with Crippen molar-refractivity contribution in [3.63, 3.8) is 0 Å². The van der Waals surface area contributed by atoms with E-state index in [0.717, 1.165) is 23.8 Å². The van der Waals surface area contributed by atoms with E-state index >= 15 is 0 Å². The van der Waals surface area contributed by atoms with Gasteiger partial charge in [0.05, 0.1) is 13.2 Å². The van der Waals surface area contributed by atoms with Gasteiger partial charge in [-0.2, -0.15) is 4.31 Å². The number of aromatic nitrogens is 2. The van der Waals surface area contributed by atoms with Gasteiger partial charge < -0.3 is 45.0 Å². The zero-order chi connectivity index (χ0) is 27.7. The maximum absolute atomic E-state index is 12.3. The number of carbonyl (C=O) groups is 1. The highest BCUT2D eigenvalue weighted by Crippen LogP contribution is 2.61. The summed E-state index contributed by atoms with van der Waals surface area (Å²) in [4.78, 5) is 56.1. The van der Waals surface area contributed by atoms with E-state index in [4.69, 9.17) is 9.47 Å². The third kappa shape index (κ3) is 7.39. The van der Waals surface area contributed by atoms with Gasteiger partial charge in [0.1, 0.15) is 36.6 Å². The molecule has 21 heteroatoms. The van der Waals surface area contributed by atoms with Crippen LogP contribution in [0.1, 0.15) is 13.2 Å². The molecule has 1 aromatic heterocycles. The van der Waals surface area contributed by atoms with E-state index in [1.54, 1.807) is 0 Å². The molecule has 1 amide bonds. The minimum Gasteiger partial charge on any atom is -0.388 e. The van der Waals surface area contributed by atoms with Crippen molar-refractivity contribution in [2.45, 2.75) is 56.0 Å². The van der Waals surface area contributed by atoms with Gasteiger partial charge in [0.25, 0.3) is 5.56 Å². The van der Waals surface area contributed by atoms with Crippen molar-refractivity contribution < 1.29 is 67.0 Å². The second kappa shape index (κ2) is 11.5. The largest absolute Gasteiger partial charge is 0.483 e. The molecule has 6 unspecified atom stereocenters. The van der Waals surface area contributed by atoms with Crippen molar-refractivity contribution in [2.24, 2.45) is 0 Å². The first kappa shape index (κ1) is 29.7. The van der Waals surface area contributed by atoms with E-state index in [1.165, 1.54) is 0 Å². The Balaban J connectivity index is 1.62. The number of aliphatic hydroxyl groups excluding tert-OH is 4. The maximum atomic E-state index is 12.3. The van der Waals surface area contributed by atoms with E-state index in [0.29, 0.717) is 0 Å². The SMILES string of the molecule is CC(=O)NC1C(OP(=O)(O)OP(=O)(O)OC[C@H]2O[C@@H](n3ccc(=O)[nH]c3=O)[C@H](O)[C@@H]2O)OCC(O)C1O. The quantitative estimate of drug-likeness (QED) is 0.130. The van der Waals surface area contributed by atoms with Crippen molar-refractivity contribution in [1.82, 2.24) is 14.9 Å². The lowest BCUT2D eigenvalue weighted by Gasteiger charge is -2.38. The molecule has 8 N–H and O–H groups in total. The summed E-state index contributed by atoms with van der Waals surface area (Å²) in [6.07, 6.45) is -10.7. The minimum absolute atomic E-state index is 0.589. The molecule has 10 atom stereocenters. The smallest absolute Gasteiger partial charge is 0.388 e. The maximum Gasteiger partial charge on any atom is 0.483 e. The van der Waals surface area contributed by atoms with Gasteiger partial charge in [0, 0.05) is 19.2 Å². The topological polar surface area (TPSA) is 286 Å². The van der Waals surface area contributed by atoms with Gasteiger partial charge in [0.15, 0.2) is 12.5 Å². The molecule has 2 aliphatic rings. The Morgan fingerprint density at radius 2 is 1.84 bits per heavy atom. The highest BCUT2D eigenvalue weighted by atomic mass is 31.3. The Labute approximate surface area is 206 Å². The molecule has 210 valence electrons. The Bertz CT molecular complexity index is 1190. The monoisotopic (exact) mass is 577 g/mol. The molecule has 37 heavy (non-hydrogen) atoms. The minimum atomic E-state index is -5.51. The first-order chi connectivity index (χ1) is 17.1. The van der Waals surface area contributed by atoms with Crippen LogP contribution in [-0.4, -0.2) is 102 Å². The van der Waals surface area contributed by atoms with E-state index in [9.17, 15) is 53.7 Å². The first-order valence-electron chi connectivity index (χ1n) is 10.4. The van der Waals surface area contributed by atoms with Crippen LogP contribution >= 0.6 is 15.6 Å². The standard InChI is InChI=1S/C16H25N3O16P2/c1-6(20)17-10-11(23)7(21)4-31-15(10)34-37(29,30)35-36(27,28)32-5-8-12(24)13(25)14(33-8)19-3-2-9(22)18-16(19)26/h2-3,7-8,10-15,21,23-25H,4-5H2,1H3,(H,17,20)(H,27,28)(H,29,30)(H,18,22,26)/t7?,8-,10?,11?,12-,13-,14-,15?/m1/s1. The lowest BCUT2D eigenvalue weighted by atomic mass is 10.0. The molecule has 2 fully saturated rings. The molecule has 0 saturated carbocycles. The van der Waals surface area contributed by atoms with Crippen molar-refractivity contribution in [3.05, 3.63) is 33.1 Å². The fourth-order valence-electron chi connectivity index (χ4n) is 3.48. The predicted molar refractivity (Wildman–Crippen MR) is 114 cm³/mol. The van der Waals surface area contributed by atoms with Crippen LogP contribution in [0.25, 0.3) is 0 Å². The summed E-state index contributed by atoms with van der Waals surface area (Å²) < 4.78 is 48.9. The third-order valence-electron chi connectivity index (χ3n) is 5.16. The van der Waals surface area contributed by atoms with Crippen LogP contribution in [0.4, 0.5) is 0 Å². The number of hydrogen-bond donors (Lipinski definition) is 8. The van der Waals surface area contributed by atoms with E-state index in [2.05, 4.69) is 18.7 Å². The summed E-state index contributed by atoms with van der Waals surface area (Å²) in [7, 11) is -11.0. The molecule has 19 nitrogen and oxygen atoms in total. The van der Waals surface area contributed by atoms with Gasteiger partial charge >= 0.3 is 21.3 Å². The number of rotatable bonds is 9. The Kier molecular flexibility index (Phi) is 9.24. The normalized spacial score (nSPS) is 35.4. The molecule has 0 aliphatic carbocycles. The van der Waals surface area contributed by atoms with Crippen LogP contribution in [0.3, 0.4) is 0 Å². The van der Waals surface area contributed by atoms with Gasteiger partial charge in [0.2, 0.25) is 5.91 Å². The van der Waals surface area contributed by atoms with Crippen molar-refractivity contribution in [3.8, 4) is 0 Å². The Morgan fingerprint density at radius 1 is 1.16 bits per heavy atom. The highest BCUT2D eigenvalue weighted by molar-refractivity contribution is 7.61. The zero-order valence-corrected chi connectivity index (χ0v) is 20.6. The molecule has 0 bridgehead atoms. The van der Waals surface area contributed by atoms with Crippen LogP contribution in [0.2, 0.25) is 0 Å². The van der Waals surface area contributed by atoms with Crippen molar-refractivity contribution in [2.75, 3.05) is 13.2 Å². The van der Waals surface area contributed by atoms with Gasteiger partial charge in [-0.05, 0) is 0 Å². The van der Waals surface area contributed by atoms with Crippen LogP contribution in [0.15, 0.2) is 21.9 Å². The summed E-state index contributed by atoms with van der Waals surface area (Å²) in [5, 5.41) is 42.1. The van der Waals surface area contributed by atoms with E-state index in [-0.39, 0.29) is 0 Å². The number of aromatic amines is 1. The number of H-pyrrole nitrogens is 1. The first-order valence-corrected chi connectivity index (χ1v) is 13.4. The molecule has 0 spiro atoms. The second-order valence-corrected chi connectivity index (χ2v) is 11.0. The lowest BCUT2D eigenvalue weighted by Crippen LogP contribution is -2.60. The molecular weight excluding hydrogens is 552 g/mol. The third-order valence-corrected chi connectivity index (χ3v) is 7.76. The second-order valence-electron chi connectivity index (χ2n) is 7.97. The molecule has 0 aromatic carbocycles. The number of amides is 1. The van der Waals surface area contributed by atoms with Gasteiger partial charge in [-0.1, -0.05) is 0 Å². The number of phosphoric acid groups is 2. The predicted octanol–water partition coefficient (Wildman–Crippen LogP) is -4.01. The lowest BCUT2D eigenvalue weighted by molar-refractivity contribution is -0.206. The fraction of sp³-hybridized carbons (Fsp3) is 0.688. The number of nitrogens with zero attached hydrogens (tertiary/aromatic N) is 1. The average Bonchev–Trinajstić information content (AvgIpc) is 3.05. The van der Waals surface area contributed by atoms with Crippen LogP contribution in [-0.2, 0) is 36.8 Å². The molecule has 3 rings (SSSR count). The molecular formula is C16H25N3O16P2. The average molecular weight is 577 g/mol. The molecule has 2 aliphatic heterocycles. The summed E-state index contributed by atoms with van der Waals surface area (Å²) in [6.45, 7) is -0.558. The van der Waals surface area contributed by atoms with Crippen LogP contribution in [0.5, 0.6) is 0 Å². The zero-order valence-electron chi connectivity index (χ0n) is 18.8. The summed E-state index contributed by atoms with van der Waals surface area (Å²) in [6, 6.07) is -0.629. The van der Waals surface area contributed by atoms with E-state index < -0.39 is 95.1 Å².